The zero-order chi connectivity index (χ0) is 11.8. The number of hydrogen-bond acceptors (Lipinski definition) is 2. The monoisotopic (exact) mass is 219 g/mol. The SMILES string of the molecule is COc1ccccc1C1(C(=O)N(C)C)CC1. The van der Waals surface area contributed by atoms with Crippen molar-refractivity contribution in [3.05, 3.63) is 29.8 Å². The first-order valence-electron chi connectivity index (χ1n) is 5.47. The molecule has 1 aromatic rings. The van der Waals surface area contributed by atoms with E-state index in [1.54, 1.807) is 26.1 Å². The maximum atomic E-state index is 12.2. The normalized spacial score (nSPS) is 16.7. The Morgan fingerprint density at radius 1 is 1.31 bits per heavy atom. The van der Waals surface area contributed by atoms with E-state index in [1.165, 1.54) is 0 Å². The van der Waals surface area contributed by atoms with Crippen molar-refractivity contribution in [2.24, 2.45) is 0 Å². The number of carbonyl (C=O) groups is 1. The fourth-order valence-corrected chi connectivity index (χ4v) is 2.19. The number of amides is 1. The highest BCUT2D eigenvalue weighted by Gasteiger charge is 2.53. The van der Waals surface area contributed by atoms with Gasteiger partial charge < -0.3 is 9.64 Å². The van der Waals surface area contributed by atoms with Gasteiger partial charge >= 0.3 is 0 Å². The van der Waals surface area contributed by atoms with Crippen molar-refractivity contribution in [3.63, 3.8) is 0 Å². The topological polar surface area (TPSA) is 29.5 Å². The molecular weight excluding hydrogens is 202 g/mol. The van der Waals surface area contributed by atoms with Gasteiger partial charge in [-0.3, -0.25) is 4.79 Å². The van der Waals surface area contributed by atoms with Crippen LogP contribution < -0.4 is 4.74 Å². The highest BCUT2D eigenvalue weighted by molar-refractivity contribution is 5.91. The Labute approximate surface area is 96.0 Å². The van der Waals surface area contributed by atoms with E-state index in [9.17, 15) is 4.79 Å². The third-order valence-corrected chi connectivity index (χ3v) is 3.19. The molecule has 0 atom stereocenters. The van der Waals surface area contributed by atoms with Crippen LogP contribution in [0.15, 0.2) is 24.3 Å². The minimum absolute atomic E-state index is 0.178. The largest absolute Gasteiger partial charge is 0.496 e. The van der Waals surface area contributed by atoms with Crippen LogP contribution >= 0.6 is 0 Å². The minimum Gasteiger partial charge on any atom is -0.496 e. The number of hydrogen-bond donors (Lipinski definition) is 0. The second-order valence-corrected chi connectivity index (χ2v) is 4.48. The number of benzene rings is 1. The van der Waals surface area contributed by atoms with Gasteiger partial charge in [0.05, 0.1) is 12.5 Å². The quantitative estimate of drug-likeness (QED) is 0.776. The lowest BCUT2D eigenvalue weighted by Crippen LogP contribution is -2.33. The van der Waals surface area contributed by atoms with Crippen LogP contribution in [0.4, 0.5) is 0 Å². The molecule has 1 aromatic carbocycles. The van der Waals surface area contributed by atoms with Crippen LogP contribution in [0.3, 0.4) is 0 Å². The van der Waals surface area contributed by atoms with Crippen LogP contribution in [0.5, 0.6) is 5.75 Å². The van der Waals surface area contributed by atoms with E-state index >= 15 is 0 Å². The van der Waals surface area contributed by atoms with Crippen molar-refractivity contribution in [2.45, 2.75) is 18.3 Å². The van der Waals surface area contributed by atoms with E-state index in [-0.39, 0.29) is 11.3 Å². The summed E-state index contributed by atoms with van der Waals surface area (Å²) < 4.78 is 5.33. The lowest BCUT2D eigenvalue weighted by molar-refractivity contribution is -0.131. The zero-order valence-electron chi connectivity index (χ0n) is 9.99. The molecule has 0 bridgehead atoms. The molecule has 0 spiro atoms. The van der Waals surface area contributed by atoms with Crippen LogP contribution in [0.2, 0.25) is 0 Å². The number of rotatable bonds is 3. The van der Waals surface area contributed by atoms with Crippen molar-refractivity contribution in [2.75, 3.05) is 21.2 Å². The van der Waals surface area contributed by atoms with Gasteiger partial charge in [0.1, 0.15) is 5.75 Å². The van der Waals surface area contributed by atoms with Gasteiger partial charge in [0.2, 0.25) is 5.91 Å². The van der Waals surface area contributed by atoms with Crippen molar-refractivity contribution < 1.29 is 9.53 Å². The highest BCUT2D eigenvalue weighted by Crippen LogP contribution is 2.52. The third kappa shape index (κ3) is 1.56. The Morgan fingerprint density at radius 2 is 1.94 bits per heavy atom. The van der Waals surface area contributed by atoms with Gasteiger partial charge in [0, 0.05) is 19.7 Å². The van der Waals surface area contributed by atoms with Gasteiger partial charge in [0.15, 0.2) is 0 Å². The fourth-order valence-electron chi connectivity index (χ4n) is 2.19. The second kappa shape index (κ2) is 3.81. The van der Waals surface area contributed by atoms with Crippen LogP contribution in [0, 0.1) is 0 Å². The van der Waals surface area contributed by atoms with Crippen molar-refractivity contribution in [1.29, 1.82) is 0 Å². The van der Waals surface area contributed by atoms with E-state index in [4.69, 9.17) is 4.74 Å². The van der Waals surface area contributed by atoms with E-state index in [0.29, 0.717) is 0 Å². The molecule has 2 rings (SSSR count). The van der Waals surface area contributed by atoms with Crippen molar-refractivity contribution >= 4 is 5.91 Å². The molecule has 1 aliphatic rings. The summed E-state index contributed by atoms with van der Waals surface area (Å²) >= 11 is 0. The summed E-state index contributed by atoms with van der Waals surface area (Å²) in [5.74, 6) is 0.993. The standard InChI is InChI=1S/C13H17NO2/c1-14(2)12(15)13(8-9-13)10-6-4-5-7-11(10)16-3/h4-7H,8-9H2,1-3H3. The summed E-state index contributed by atoms with van der Waals surface area (Å²) in [5.41, 5.74) is 0.701. The molecule has 86 valence electrons. The molecule has 16 heavy (non-hydrogen) atoms. The average Bonchev–Trinajstić information content (AvgIpc) is 3.09. The predicted octanol–water partition coefficient (Wildman–Crippen LogP) is 1.81. The van der Waals surface area contributed by atoms with E-state index in [1.807, 2.05) is 24.3 Å². The number of methoxy groups -OCH3 is 1. The molecule has 1 fully saturated rings. The Hall–Kier alpha value is -1.51. The molecular formula is C13H17NO2. The maximum Gasteiger partial charge on any atom is 0.232 e. The molecule has 1 saturated carbocycles. The molecule has 1 amide bonds. The van der Waals surface area contributed by atoms with Crippen molar-refractivity contribution in [1.82, 2.24) is 4.90 Å². The van der Waals surface area contributed by atoms with Gasteiger partial charge in [-0.1, -0.05) is 18.2 Å². The molecule has 0 unspecified atom stereocenters. The summed E-state index contributed by atoms with van der Waals surface area (Å²) in [6.45, 7) is 0. The van der Waals surface area contributed by atoms with E-state index < -0.39 is 0 Å². The van der Waals surface area contributed by atoms with Gasteiger partial charge in [0.25, 0.3) is 0 Å². The Kier molecular flexibility index (Phi) is 2.62. The lowest BCUT2D eigenvalue weighted by Gasteiger charge is -2.21. The number of carbonyl (C=O) groups excluding carboxylic acids is 1. The molecule has 3 nitrogen and oxygen atoms in total. The fraction of sp³-hybridized carbons (Fsp3) is 0.462. The van der Waals surface area contributed by atoms with Crippen LogP contribution in [0.25, 0.3) is 0 Å². The average molecular weight is 219 g/mol. The van der Waals surface area contributed by atoms with Gasteiger partial charge in [-0.2, -0.15) is 0 Å². The number of para-hydroxylation sites is 1. The Bertz CT molecular complexity index is 408. The summed E-state index contributed by atoms with van der Waals surface area (Å²) in [5, 5.41) is 0. The summed E-state index contributed by atoms with van der Waals surface area (Å²) in [4.78, 5) is 13.8. The lowest BCUT2D eigenvalue weighted by atomic mass is 9.93. The minimum atomic E-state index is -0.323. The number of ether oxygens (including phenoxy) is 1. The molecule has 0 radical (unpaired) electrons. The smallest absolute Gasteiger partial charge is 0.232 e. The molecule has 0 N–H and O–H groups in total. The Morgan fingerprint density at radius 3 is 2.44 bits per heavy atom. The number of nitrogens with zero attached hydrogens (tertiary/aromatic N) is 1. The highest BCUT2D eigenvalue weighted by atomic mass is 16.5. The molecule has 0 heterocycles. The molecule has 1 aliphatic carbocycles. The second-order valence-electron chi connectivity index (χ2n) is 4.48. The van der Waals surface area contributed by atoms with Gasteiger partial charge in [-0.15, -0.1) is 0 Å². The maximum absolute atomic E-state index is 12.2. The van der Waals surface area contributed by atoms with Crippen molar-refractivity contribution in [3.8, 4) is 5.75 Å². The van der Waals surface area contributed by atoms with E-state index in [0.717, 1.165) is 24.2 Å². The van der Waals surface area contributed by atoms with Crippen LogP contribution in [-0.2, 0) is 10.2 Å². The predicted molar refractivity (Wildman–Crippen MR) is 62.6 cm³/mol. The third-order valence-electron chi connectivity index (χ3n) is 3.19. The first-order valence-corrected chi connectivity index (χ1v) is 5.47. The Balaban J connectivity index is 2.40. The van der Waals surface area contributed by atoms with Crippen LogP contribution in [-0.4, -0.2) is 32.0 Å². The summed E-state index contributed by atoms with van der Waals surface area (Å²) in [7, 11) is 5.25. The molecule has 0 aromatic heterocycles. The summed E-state index contributed by atoms with van der Waals surface area (Å²) in [6.07, 6.45) is 1.84. The molecule has 3 heteroatoms. The first-order chi connectivity index (χ1) is 7.62. The molecule has 0 aliphatic heterocycles. The van der Waals surface area contributed by atoms with Gasteiger partial charge in [-0.05, 0) is 18.9 Å². The summed E-state index contributed by atoms with van der Waals surface area (Å²) in [6, 6.07) is 7.80. The number of likely N-dealkylation sites (N-methyl/N-ethyl adjacent to an activating group) is 1. The van der Waals surface area contributed by atoms with E-state index in [2.05, 4.69) is 0 Å². The van der Waals surface area contributed by atoms with Gasteiger partial charge in [-0.25, -0.2) is 0 Å². The molecule has 0 saturated heterocycles. The van der Waals surface area contributed by atoms with Crippen LogP contribution in [0.1, 0.15) is 18.4 Å². The zero-order valence-corrected chi connectivity index (χ0v) is 9.99. The first kappa shape index (κ1) is 11.0.